The summed E-state index contributed by atoms with van der Waals surface area (Å²) in [5.74, 6) is -0.416. The van der Waals surface area contributed by atoms with E-state index in [1.807, 2.05) is 0 Å². The van der Waals surface area contributed by atoms with Crippen molar-refractivity contribution in [3.63, 3.8) is 0 Å². The van der Waals surface area contributed by atoms with E-state index in [-0.39, 0.29) is 6.54 Å². The van der Waals surface area contributed by atoms with Gasteiger partial charge in [-0.25, -0.2) is 4.79 Å². The first-order valence-corrected chi connectivity index (χ1v) is 4.92. The van der Waals surface area contributed by atoms with Crippen molar-refractivity contribution in [3.8, 4) is 0 Å². The van der Waals surface area contributed by atoms with Crippen molar-refractivity contribution >= 4 is 34.6 Å². The van der Waals surface area contributed by atoms with Crippen LogP contribution in [0.15, 0.2) is 12.4 Å². The van der Waals surface area contributed by atoms with Crippen LogP contribution < -0.4 is 5.32 Å². The first-order valence-electron chi connectivity index (χ1n) is 3.84. The van der Waals surface area contributed by atoms with E-state index in [4.69, 9.17) is 4.74 Å². The lowest BCUT2D eigenvalue weighted by Crippen LogP contribution is -2.28. The molecule has 1 saturated heterocycles. The first-order chi connectivity index (χ1) is 6.65. The summed E-state index contributed by atoms with van der Waals surface area (Å²) in [5.41, 5.74) is 0. The van der Waals surface area contributed by atoms with Crippen LogP contribution >= 0.6 is 22.6 Å². The van der Waals surface area contributed by atoms with E-state index < -0.39 is 18.1 Å². The molecule has 2 heterocycles. The van der Waals surface area contributed by atoms with Gasteiger partial charge in [-0.15, -0.1) is 0 Å². The second-order valence-electron chi connectivity index (χ2n) is 2.76. The van der Waals surface area contributed by atoms with Gasteiger partial charge in [-0.3, -0.25) is 14.8 Å². The quantitative estimate of drug-likeness (QED) is 0.788. The molecule has 2 rings (SSSR count). The number of hydrogen-bond acceptors (Lipinski definition) is 4. The number of amides is 2. The van der Waals surface area contributed by atoms with E-state index in [0.29, 0.717) is 0 Å². The minimum absolute atomic E-state index is 0.251. The van der Waals surface area contributed by atoms with E-state index in [1.165, 1.54) is 0 Å². The number of rotatable bonds is 2. The zero-order valence-electron chi connectivity index (χ0n) is 6.94. The second kappa shape index (κ2) is 3.56. The lowest BCUT2D eigenvalue weighted by molar-refractivity contribution is -0.124. The van der Waals surface area contributed by atoms with Crippen molar-refractivity contribution in [3.05, 3.63) is 16.0 Å². The number of imide groups is 1. The normalized spacial score (nSPS) is 20.8. The zero-order chi connectivity index (χ0) is 10.1. The summed E-state index contributed by atoms with van der Waals surface area (Å²) in [4.78, 5) is 21.8. The summed E-state index contributed by atoms with van der Waals surface area (Å²) >= 11 is 2.10. The van der Waals surface area contributed by atoms with Gasteiger partial charge in [0.05, 0.1) is 16.3 Å². The fraction of sp³-hybridized carbons (Fsp3) is 0.286. The fourth-order valence-corrected chi connectivity index (χ4v) is 1.57. The van der Waals surface area contributed by atoms with Gasteiger partial charge in [-0.05, 0) is 22.6 Å². The maximum atomic E-state index is 11.1. The summed E-state index contributed by atoms with van der Waals surface area (Å²) in [5, 5.41) is 6.03. The number of hydrogen-bond donors (Lipinski definition) is 1. The molecule has 1 unspecified atom stereocenters. The summed E-state index contributed by atoms with van der Waals surface area (Å²) < 4.78 is 7.25. The number of carbonyl (C=O) groups is 2. The Labute approximate surface area is 92.7 Å². The molecule has 74 valence electrons. The number of alkyl carbamates (subject to hydrolysis) is 1. The molecule has 1 aliphatic rings. The van der Waals surface area contributed by atoms with Crippen LogP contribution in [-0.4, -0.2) is 27.9 Å². The molecule has 0 saturated carbocycles. The Hall–Kier alpha value is -1.12. The fourth-order valence-electron chi connectivity index (χ4n) is 1.12. The minimum Gasteiger partial charge on any atom is -0.434 e. The largest absolute Gasteiger partial charge is 0.434 e. The third-order valence-corrected chi connectivity index (χ3v) is 2.28. The predicted molar refractivity (Wildman–Crippen MR) is 53.4 cm³/mol. The van der Waals surface area contributed by atoms with Gasteiger partial charge >= 0.3 is 6.09 Å². The topological polar surface area (TPSA) is 73.2 Å². The Balaban J connectivity index is 2.05. The van der Waals surface area contributed by atoms with E-state index in [9.17, 15) is 9.59 Å². The highest BCUT2D eigenvalue weighted by Gasteiger charge is 2.32. The first kappa shape index (κ1) is 9.44. The number of cyclic esters (lactones) is 1. The van der Waals surface area contributed by atoms with Crippen molar-refractivity contribution in [1.29, 1.82) is 0 Å². The van der Waals surface area contributed by atoms with Gasteiger partial charge in [0, 0.05) is 6.20 Å². The Kier molecular flexibility index (Phi) is 2.40. The number of carbonyl (C=O) groups excluding carboxylic acids is 2. The van der Waals surface area contributed by atoms with E-state index >= 15 is 0 Å². The molecule has 1 atom stereocenters. The van der Waals surface area contributed by atoms with Crippen LogP contribution in [0, 0.1) is 3.57 Å². The molecule has 6 nitrogen and oxygen atoms in total. The SMILES string of the molecule is O=C1NC(=O)C(Cn2cc(I)cn2)O1. The standard InChI is InChI=1S/C7H6IN3O3/c8-4-1-9-11(2-4)3-5-6(12)10-7(13)14-5/h1-2,5H,3H2,(H,10,12,13). The van der Waals surface area contributed by atoms with Crippen LogP contribution in [0.4, 0.5) is 4.79 Å². The highest BCUT2D eigenvalue weighted by Crippen LogP contribution is 2.07. The van der Waals surface area contributed by atoms with Crippen molar-refractivity contribution in [1.82, 2.24) is 15.1 Å². The van der Waals surface area contributed by atoms with Crippen LogP contribution in [0.1, 0.15) is 0 Å². The lowest BCUT2D eigenvalue weighted by atomic mass is 10.3. The molecule has 1 N–H and O–H groups in total. The molecule has 0 spiro atoms. The number of halogens is 1. The second-order valence-corrected chi connectivity index (χ2v) is 4.01. The lowest BCUT2D eigenvalue weighted by Gasteiger charge is -2.05. The summed E-state index contributed by atoms with van der Waals surface area (Å²) in [6, 6.07) is 0. The molecular weight excluding hydrogens is 301 g/mol. The Bertz CT molecular complexity index is 389. The van der Waals surface area contributed by atoms with E-state index in [0.717, 1.165) is 3.57 Å². The van der Waals surface area contributed by atoms with Crippen LogP contribution in [-0.2, 0) is 16.1 Å². The van der Waals surface area contributed by atoms with Crippen molar-refractivity contribution in [2.24, 2.45) is 0 Å². The molecule has 14 heavy (non-hydrogen) atoms. The molecule has 7 heteroatoms. The predicted octanol–water partition coefficient (Wildman–Crippen LogP) is 0.123. The van der Waals surface area contributed by atoms with Crippen LogP contribution in [0.25, 0.3) is 0 Å². The molecule has 0 aromatic carbocycles. The van der Waals surface area contributed by atoms with Gasteiger partial charge in [-0.1, -0.05) is 0 Å². The maximum absolute atomic E-state index is 11.1. The smallest absolute Gasteiger partial charge is 0.414 e. The Morgan fingerprint density at radius 3 is 2.93 bits per heavy atom. The van der Waals surface area contributed by atoms with Crippen molar-refractivity contribution in [2.75, 3.05) is 0 Å². The Morgan fingerprint density at radius 2 is 2.43 bits per heavy atom. The summed E-state index contributed by atoms with van der Waals surface area (Å²) in [7, 11) is 0. The van der Waals surface area contributed by atoms with Crippen molar-refractivity contribution in [2.45, 2.75) is 12.6 Å². The van der Waals surface area contributed by atoms with Crippen LogP contribution in [0.5, 0.6) is 0 Å². The number of aromatic nitrogens is 2. The zero-order valence-corrected chi connectivity index (χ0v) is 9.09. The molecule has 1 aromatic heterocycles. The van der Waals surface area contributed by atoms with Gasteiger partial charge in [0.1, 0.15) is 0 Å². The monoisotopic (exact) mass is 307 g/mol. The molecule has 0 aliphatic carbocycles. The van der Waals surface area contributed by atoms with E-state index in [1.54, 1.807) is 17.1 Å². The third kappa shape index (κ3) is 1.86. The van der Waals surface area contributed by atoms with Crippen LogP contribution in [0.2, 0.25) is 0 Å². The van der Waals surface area contributed by atoms with Crippen LogP contribution in [0.3, 0.4) is 0 Å². The van der Waals surface area contributed by atoms with Gasteiger partial charge in [0.15, 0.2) is 0 Å². The average Bonchev–Trinajstić information content (AvgIpc) is 2.61. The molecule has 0 radical (unpaired) electrons. The van der Waals surface area contributed by atoms with E-state index in [2.05, 4.69) is 33.0 Å². The number of nitrogens with one attached hydrogen (secondary N) is 1. The molecular formula is C7H6IN3O3. The minimum atomic E-state index is -0.766. The highest BCUT2D eigenvalue weighted by atomic mass is 127. The van der Waals surface area contributed by atoms with Gasteiger partial charge < -0.3 is 4.74 Å². The maximum Gasteiger partial charge on any atom is 0.414 e. The van der Waals surface area contributed by atoms with Gasteiger partial charge in [0.25, 0.3) is 5.91 Å². The third-order valence-electron chi connectivity index (χ3n) is 1.72. The average molecular weight is 307 g/mol. The molecule has 2 amide bonds. The summed E-state index contributed by atoms with van der Waals surface area (Å²) in [6.45, 7) is 0.251. The molecule has 1 fully saturated rings. The molecule has 1 aromatic rings. The van der Waals surface area contributed by atoms with Crippen molar-refractivity contribution < 1.29 is 14.3 Å². The summed E-state index contributed by atoms with van der Waals surface area (Å²) in [6.07, 6.45) is 1.97. The molecule has 1 aliphatic heterocycles. The van der Waals surface area contributed by atoms with Gasteiger partial charge in [-0.2, -0.15) is 5.10 Å². The Morgan fingerprint density at radius 1 is 1.64 bits per heavy atom. The number of nitrogens with zero attached hydrogens (tertiary/aromatic N) is 2. The molecule has 0 bridgehead atoms. The highest BCUT2D eigenvalue weighted by molar-refractivity contribution is 14.1. The number of ether oxygens (including phenoxy) is 1. The van der Waals surface area contributed by atoms with Gasteiger partial charge in [0.2, 0.25) is 6.10 Å².